The van der Waals surface area contributed by atoms with E-state index in [0.717, 1.165) is 15.6 Å². The van der Waals surface area contributed by atoms with Crippen molar-refractivity contribution in [3.8, 4) is 5.69 Å². The zero-order valence-electron chi connectivity index (χ0n) is 14.3. The van der Waals surface area contributed by atoms with Crippen LogP contribution < -0.4 is 0 Å². The molecule has 0 radical (unpaired) electrons. The predicted octanol–water partition coefficient (Wildman–Crippen LogP) is 3.23. The van der Waals surface area contributed by atoms with Gasteiger partial charge in [0.05, 0.1) is 16.1 Å². The molecule has 0 N–H and O–H groups in total. The maximum Gasteiger partial charge on any atom is 0.340 e. The normalized spacial score (nSPS) is 10.9. The van der Waals surface area contributed by atoms with Gasteiger partial charge in [-0.05, 0) is 46.5 Å². The Morgan fingerprint density at radius 1 is 1.11 bits per heavy atom. The first-order valence-electron chi connectivity index (χ1n) is 8.16. The van der Waals surface area contributed by atoms with Crippen LogP contribution in [-0.2, 0) is 4.74 Å². The maximum atomic E-state index is 12.6. The molecule has 0 fully saturated rings. The number of hydrogen-bond donors (Lipinski definition) is 0. The molecular formula is C19H14N4O3S. The Kier molecular flexibility index (Phi) is 4.47. The third-order valence-corrected chi connectivity index (χ3v) is 5.46. The fourth-order valence-electron chi connectivity index (χ4n) is 2.83. The van der Waals surface area contributed by atoms with Gasteiger partial charge in [0, 0.05) is 4.70 Å². The first-order valence-corrected chi connectivity index (χ1v) is 8.97. The van der Waals surface area contributed by atoms with Crippen molar-refractivity contribution in [2.75, 3.05) is 6.61 Å². The van der Waals surface area contributed by atoms with E-state index in [2.05, 4.69) is 15.5 Å². The molecule has 0 aliphatic heterocycles. The molecule has 27 heavy (non-hydrogen) atoms. The molecule has 2 heterocycles. The highest BCUT2D eigenvalue weighted by Gasteiger charge is 2.19. The molecule has 8 heteroatoms. The van der Waals surface area contributed by atoms with E-state index >= 15 is 0 Å². The number of aromatic nitrogens is 4. The Hall–Kier alpha value is -3.39. The number of Topliss-reactive ketones (excluding diaryl/α,β-unsaturated/α-hetero) is 1. The SMILES string of the molecule is Cc1c(C(=O)COC(=O)c2ccccc2-n2cnnn2)sc2ccccc12. The number of benzene rings is 2. The number of aryl methyl sites for hydroxylation is 1. The number of carbonyl (C=O) groups is 2. The van der Waals surface area contributed by atoms with E-state index in [1.807, 2.05) is 31.2 Å². The molecular weight excluding hydrogens is 364 g/mol. The van der Waals surface area contributed by atoms with Gasteiger partial charge in [-0.15, -0.1) is 16.4 Å². The molecule has 134 valence electrons. The van der Waals surface area contributed by atoms with Gasteiger partial charge in [0.15, 0.2) is 6.61 Å². The number of esters is 1. The second-order valence-corrected chi connectivity index (χ2v) is 6.88. The largest absolute Gasteiger partial charge is 0.454 e. The minimum Gasteiger partial charge on any atom is -0.454 e. The minimum absolute atomic E-state index is 0.220. The van der Waals surface area contributed by atoms with Crippen LogP contribution in [0.2, 0.25) is 0 Å². The van der Waals surface area contributed by atoms with E-state index in [0.29, 0.717) is 10.6 Å². The topological polar surface area (TPSA) is 87.0 Å². The molecule has 0 aliphatic rings. The van der Waals surface area contributed by atoms with Gasteiger partial charge in [-0.25, -0.2) is 4.79 Å². The highest BCUT2D eigenvalue weighted by Crippen LogP contribution is 2.30. The summed E-state index contributed by atoms with van der Waals surface area (Å²) in [5, 5.41) is 12.0. The van der Waals surface area contributed by atoms with E-state index in [4.69, 9.17) is 4.74 Å². The van der Waals surface area contributed by atoms with Crippen LogP contribution in [0.5, 0.6) is 0 Å². The summed E-state index contributed by atoms with van der Waals surface area (Å²) in [6.07, 6.45) is 1.39. The lowest BCUT2D eigenvalue weighted by atomic mass is 10.1. The summed E-state index contributed by atoms with van der Waals surface area (Å²) in [4.78, 5) is 25.7. The fourth-order valence-corrected chi connectivity index (χ4v) is 3.97. The van der Waals surface area contributed by atoms with Gasteiger partial charge >= 0.3 is 5.97 Å². The summed E-state index contributed by atoms with van der Waals surface area (Å²) >= 11 is 1.41. The summed E-state index contributed by atoms with van der Waals surface area (Å²) in [7, 11) is 0. The Bertz CT molecular complexity index is 1140. The second kappa shape index (κ2) is 7.08. The van der Waals surface area contributed by atoms with Crippen molar-refractivity contribution in [2.24, 2.45) is 0 Å². The zero-order valence-corrected chi connectivity index (χ0v) is 15.1. The fraction of sp³-hybridized carbons (Fsp3) is 0.105. The molecule has 0 atom stereocenters. The lowest BCUT2D eigenvalue weighted by molar-refractivity contribution is 0.0475. The van der Waals surface area contributed by atoms with Crippen LogP contribution in [0.4, 0.5) is 0 Å². The molecule has 2 aromatic heterocycles. The van der Waals surface area contributed by atoms with Gasteiger partial charge in [0.2, 0.25) is 5.78 Å². The number of thiophene rings is 1. The van der Waals surface area contributed by atoms with E-state index in [1.54, 1.807) is 24.3 Å². The van der Waals surface area contributed by atoms with Crippen molar-refractivity contribution in [3.05, 3.63) is 70.9 Å². The van der Waals surface area contributed by atoms with Crippen molar-refractivity contribution in [1.82, 2.24) is 20.2 Å². The number of nitrogens with zero attached hydrogens (tertiary/aromatic N) is 4. The highest BCUT2D eigenvalue weighted by atomic mass is 32.1. The first-order chi connectivity index (χ1) is 13.1. The van der Waals surface area contributed by atoms with Crippen LogP contribution in [-0.4, -0.2) is 38.6 Å². The summed E-state index contributed by atoms with van der Waals surface area (Å²) in [5.41, 5.74) is 1.68. The van der Waals surface area contributed by atoms with Crippen LogP contribution in [0.3, 0.4) is 0 Å². The third-order valence-electron chi connectivity index (χ3n) is 4.15. The van der Waals surface area contributed by atoms with Crippen molar-refractivity contribution in [1.29, 1.82) is 0 Å². The number of hydrogen-bond acceptors (Lipinski definition) is 7. The van der Waals surface area contributed by atoms with E-state index < -0.39 is 5.97 Å². The predicted molar refractivity (Wildman–Crippen MR) is 100 cm³/mol. The van der Waals surface area contributed by atoms with Gasteiger partial charge in [-0.3, -0.25) is 4.79 Å². The van der Waals surface area contributed by atoms with Gasteiger partial charge in [0.1, 0.15) is 6.33 Å². The highest BCUT2D eigenvalue weighted by molar-refractivity contribution is 7.21. The smallest absolute Gasteiger partial charge is 0.340 e. The Morgan fingerprint density at radius 2 is 1.89 bits per heavy atom. The van der Waals surface area contributed by atoms with Crippen LogP contribution >= 0.6 is 11.3 Å². The van der Waals surface area contributed by atoms with Crippen molar-refractivity contribution < 1.29 is 14.3 Å². The summed E-state index contributed by atoms with van der Waals surface area (Å²) in [6, 6.07) is 14.6. The molecule has 0 aliphatic carbocycles. The third kappa shape index (κ3) is 3.22. The molecule has 4 rings (SSSR count). The van der Waals surface area contributed by atoms with Gasteiger partial charge < -0.3 is 4.74 Å². The molecule has 0 unspecified atom stereocenters. The molecule has 4 aromatic rings. The van der Waals surface area contributed by atoms with Crippen molar-refractivity contribution in [2.45, 2.75) is 6.92 Å². The van der Waals surface area contributed by atoms with Gasteiger partial charge in [-0.1, -0.05) is 30.3 Å². The standard InChI is InChI=1S/C19H14N4O3S/c1-12-13-6-3-5-9-17(13)27-18(12)16(24)10-26-19(25)14-7-2-4-8-15(14)23-11-20-21-22-23/h2-9,11H,10H2,1H3. The van der Waals surface area contributed by atoms with Crippen LogP contribution in [0, 0.1) is 6.92 Å². The van der Waals surface area contributed by atoms with E-state index in [9.17, 15) is 9.59 Å². The van der Waals surface area contributed by atoms with E-state index in [-0.39, 0.29) is 18.0 Å². The molecule has 0 bridgehead atoms. The lowest BCUT2D eigenvalue weighted by Crippen LogP contribution is -2.16. The van der Waals surface area contributed by atoms with E-state index in [1.165, 1.54) is 22.3 Å². The van der Waals surface area contributed by atoms with Crippen molar-refractivity contribution >= 4 is 33.2 Å². The minimum atomic E-state index is -0.604. The van der Waals surface area contributed by atoms with Crippen LogP contribution in [0.1, 0.15) is 25.6 Å². The van der Waals surface area contributed by atoms with Crippen LogP contribution in [0.25, 0.3) is 15.8 Å². The summed E-state index contributed by atoms with van der Waals surface area (Å²) < 4.78 is 7.68. The second-order valence-electron chi connectivity index (χ2n) is 5.82. The number of para-hydroxylation sites is 1. The number of ether oxygens (including phenoxy) is 1. The Labute approximate surface area is 158 Å². The summed E-state index contributed by atoms with van der Waals surface area (Å²) in [6.45, 7) is 1.58. The first kappa shape index (κ1) is 17.0. The summed E-state index contributed by atoms with van der Waals surface area (Å²) in [5.74, 6) is -0.824. The molecule has 0 saturated carbocycles. The average molecular weight is 378 g/mol. The maximum absolute atomic E-state index is 12.6. The lowest BCUT2D eigenvalue weighted by Gasteiger charge is -2.08. The molecule has 7 nitrogen and oxygen atoms in total. The molecule has 0 spiro atoms. The number of carbonyl (C=O) groups excluding carboxylic acids is 2. The Balaban J connectivity index is 1.53. The number of tetrazole rings is 1. The van der Waals surface area contributed by atoms with Gasteiger partial charge in [-0.2, -0.15) is 4.68 Å². The average Bonchev–Trinajstić information content (AvgIpc) is 3.35. The number of ketones is 1. The monoisotopic (exact) mass is 378 g/mol. The number of fused-ring (bicyclic) bond motifs is 1. The zero-order chi connectivity index (χ0) is 18.8. The van der Waals surface area contributed by atoms with Gasteiger partial charge in [0.25, 0.3) is 0 Å². The molecule has 0 amide bonds. The number of rotatable bonds is 5. The quantitative estimate of drug-likeness (QED) is 0.391. The molecule has 0 saturated heterocycles. The molecule has 2 aromatic carbocycles. The Morgan fingerprint density at radius 3 is 2.67 bits per heavy atom. The van der Waals surface area contributed by atoms with Crippen LogP contribution in [0.15, 0.2) is 54.9 Å². The van der Waals surface area contributed by atoms with Crippen molar-refractivity contribution in [3.63, 3.8) is 0 Å².